The van der Waals surface area contributed by atoms with Crippen LogP contribution in [0.5, 0.6) is 0 Å². The number of allylic oxidation sites excluding steroid dienone is 1. The molecule has 1 saturated heterocycles. The lowest BCUT2D eigenvalue weighted by atomic mass is 9.81. The number of likely N-dealkylation sites (tertiary alicyclic amines) is 1. The van der Waals surface area contributed by atoms with Crippen LogP contribution in [0.3, 0.4) is 0 Å². The molecule has 0 bridgehead atoms. The van der Waals surface area contributed by atoms with Gasteiger partial charge in [-0.15, -0.1) is 0 Å². The number of aliphatic hydroxyl groups excluding tert-OH is 1. The Kier molecular flexibility index (Phi) is 7.61. The Morgan fingerprint density at radius 3 is 2.26 bits per heavy atom. The number of carbonyl (C=O) groups is 1. The van der Waals surface area contributed by atoms with Crippen molar-refractivity contribution in [2.24, 2.45) is 10.9 Å². The first-order valence-corrected chi connectivity index (χ1v) is 14.6. The third-order valence-corrected chi connectivity index (χ3v) is 9.37. The molecule has 0 aromatic heterocycles. The molecular formula is C29H34Cl2N4O2S. The number of halogens is 2. The maximum absolute atomic E-state index is 14.1. The summed E-state index contributed by atoms with van der Waals surface area (Å²) >= 11 is 13.9. The molecule has 5 rings (SSSR count). The number of aliphatic hydroxyl groups is 1. The summed E-state index contributed by atoms with van der Waals surface area (Å²) in [5.74, 6) is 0.0344. The summed E-state index contributed by atoms with van der Waals surface area (Å²) in [6.07, 6.45) is -0.564. The Morgan fingerprint density at radius 2 is 1.74 bits per heavy atom. The van der Waals surface area contributed by atoms with E-state index in [1.165, 1.54) is 11.8 Å². The van der Waals surface area contributed by atoms with E-state index in [0.717, 1.165) is 22.0 Å². The fourth-order valence-electron chi connectivity index (χ4n) is 5.99. The Labute approximate surface area is 239 Å². The number of aliphatic imine (C=N–C) groups is 1. The van der Waals surface area contributed by atoms with Gasteiger partial charge in [0.1, 0.15) is 10.4 Å². The first-order chi connectivity index (χ1) is 18.0. The first-order valence-electron chi connectivity index (χ1n) is 13.0. The number of thioether (sulfide) groups is 1. The predicted molar refractivity (Wildman–Crippen MR) is 156 cm³/mol. The first kappa shape index (κ1) is 27.5. The Balaban J connectivity index is 1.61. The zero-order valence-electron chi connectivity index (χ0n) is 22.4. The highest BCUT2D eigenvalue weighted by molar-refractivity contribution is 8.18. The summed E-state index contributed by atoms with van der Waals surface area (Å²) in [5.41, 5.74) is 2.48. The van der Waals surface area contributed by atoms with Crippen molar-refractivity contribution in [2.45, 2.75) is 51.4 Å². The standard InChI is InChI=1S/C29H34Cl2N4O2S/c1-6-34(22-15-33(5)16-23(22)36)27(37)25-24(17(2)3)35-26(18-7-11-20(30)12-8-18)29(4,32-28(35)38-25)19-9-13-21(31)14-10-19/h7-14,17,22-23,26,36H,6,15-16H2,1-5H3/t22-,23-,26-,29+/m1/s1. The minimum absolute atomic E-state index is 0.0410. The van der Waals surface area contributed by atoms with E-state index in [9.17, 15) is 9.90 Å². The molecule has 1 amide bonds. The summed E-state index contributed by atoms with van der Waals surface area (Å²) in [7, 11) is 1.98. The highest BCUT2D eigenvalue weighted by Crippen LogP contribution is 2.56. The van der Waals surface area contributed by atoms with Crippen LogP contribution in [0.25, 0.3) is 0 Å². The van der Waals surface area contributed by atoms with Crippen LogP contribution in [-0.4, -0.2) is 69.7 Å². The molecular weight excluding hydrogens is 539 g/mol. The minimum Gasteiger partial charge on any atom is -0.390 e. The topological polar surface area (TPSA) is 59.4 Å². The average molecular weight is 574 g/mol. The van der Waals surface area contributed by atoms with E-state index in [1.807, 2.05) is 67.4 Å². The van der Waals surface area contributed by atoms with Crippen molar-refractivity contribution in [1.29, 1.82) is 0 Å². The van der Waals surface area contributed by atoms with E-state index in [0.29, 0.717) is 34.6 Å². The fraction of sp³-hybridized carbons (Fsp3) is 0.448. The molecule has 3 aliphatic rings. The smallest absolute Gasteiger partial charge is 0.262 e. The fourth-order valence-corrected chi connectivity index (χ4v) is 7.60. The van der Waals surface area contributed by atoms with Crippen molar-refractivity contribution < 1.29 is 9.90 Å². The van der Waals surface area contributed by atoms with Gasteiger partial charge in [0.15, 0.2) is 5.17 Å². The number of fused-ring (bicyclic) bond motifs is 1. The van der Waals surface area contributed by atoms with Gasteiger partial charge < -0.3 is 19.8 Å². The molecule has 2 aromatic rings. The minimum atomic E-state index is -0.607. The molecule has 0 unspecified atom stereocenters. The highest BCUT2D eigenvalue weighted by Gasteiger charge is 2.53. The molecule has 1 N–H and O–H groups in total. The molecule has 202 valence electrons. The van der Waals surface area contributed by atoms with Crippen LogP contribution in [0.2, 0.25) is 10.0 Å². The van der Waals surface area contributed by atoms with Crippen molar-refractivity contribution in [2.75, 3.05) is 26.7 Å². The van der Waals surface area contributed by atoms with Gasteiger partial charge in [-0.25, -0.2) is 4.99 Å². The molecule has 0 saturated carbocycles. The van der Waals surface area contributed by atoms with Gasteiger partial charge in [0.2, 0.25) is 0 Å². The van der Waals surface area contributed by atoms with E-state index in [-0.39, 0.29) is 23.9 Å². The summed E-state index contributed by atoms with van der Waals surface area (Å²) in [5, 5.41) is 12.9. The van der Waals surface area contributed by atoms with Crippen molar-refractivity contribution in [3.05, 3.63) is 80.3 Å². The molecule has 0 spiro atoms. The number of benzene rings is 2. The van der Waals surface area contributed by atoms with Gasteiger partial charge in [-0.05, 0) is 74.0 Å². The Morgan fingerprint density at radius 1 is 1.13 bits per heavy atom. The highest BCUT2D eigenvalue weighted by atomic mass is 35.5. The van der Waals surface area contributed by atoms with E-state index in [4.69, 9.17) is 28.2 Å². The molecule has 38 heavy (non-hydrogen) atoms. The van der Waals surface area contributed by atoms with Crippen molar-refractivity contribution in [1.82, 2.24) is 14.7 Å². The molecule has 6 nitrogen and oxygen atoms in total. The lowest BCUT2D eigenvalue weighted by Gasteiger charge is -2.37. The van der Waals surface area contributed by atoms with Crippen LogP contribution in [0, 0.1) is 5.92 Å². The molecule has 0 radical (unpaired) electrons. The quantitative estimate of drug-likeness (QED) is 0.477. The van der Waals surface area contributed by atoms with Crippen molar-refractivity contribution in [3.8, 4) is 0 Å². The maximum atomic E-state index is 14.1. The molecule has 3 aliphatic heterocycles. The van der Waals surface area contributed by atoms with E-state index in [2.05, 4.69) is 30.6 Å². The number of β-amino-alcohol motifs (C(OH)–C–C–N with tert-alkyl or cyclic N) is 1. The average Bonchev–Trinajstić information content (AvgIpc) is 3.49. The largest absolute Gasteiger partial charge is 0.390 e. The maximum Gasteiger partial charge on any atom is 0.262 e. The molecule has 0 aliphatic carbocycles. The summed E-state index contributed by atoms with van der Waals surface area (Å²) in [6.45, 7) is 10.1. The van der Waals surface area contributed by atoms with Crippen LogP contribution >= 0.6 is 35.0 Å². The van der Waals surface area contributed by atoms with Crippen LogP contribution in [0.1, 0.15) is 44.9 Å². The zero-order chi connectivity index (χ0) is 27.4. The van der Waals surface area contributed by atoms with Gasteiger partial charge in [-0.1, -0.05) is 61.3 Å². The molecule has 1 fully saturated rings. The van der Waals surface area contributed by atoms with E-state index >= 15 is 0 Å². The van der Waals surface area contributed by atoms with Gasteiger partial charge in [0.25, 0.3) is 5.91 Å². The number of hydrogen-bond donors (Lipinski definition) is 1. The van der Waals surface area contributed by atoms with E-state index < -0.39 is 11.6 Å². The Hall–Kier alpha value is -2.03. The van der Waals surface area contributed by atoms with Gasteiger partial charge in [-0.3, -0.25) is 4.79 Å². The third-order valence-electron chi connectivity index (χ3n) is 7.81. The van der Waals surface area contributed by atoms with Crippen LogP contribution in [-0.2, 0) is 10.3 Å². The number of amidine groups is 1. The summed E-state index contributed by atoms with van der Waals surface area (Å²) in [6, 6.07) is 15.4. The van der Waals surface area contributed by atoms with Crippen LogP contribution in [0.15, 0.2) is 64.1 Å². The molecule has 4 atom stereocenters. The SMILES string of the molecule is CCN(C(=O)C1=C(C(C)C)N2C(=N[C@@](C)(c3ccc(Cl)cc3)[C@H]2c2ccc(Cl)cc2)S1)[C@@H]1CN(C)C[C@H]1O. The number of nitrogens with zero attached hydrogens (tertiary/aromatic N) is 4. The lowest BCUT2D eigenvalue weighted by molar-refractivity contribution is -0.130. The van der Waals surface area contributed by atoms with Crippen LogP contribution in [0.4, 0.5) is 0 Å². The van der Waals surface area contributed by atoms with Gasteiger partial charge in [0.05, 0.1) is 18.2 Å². The van der Waals surface area contributed by atoms with Gasteiger partial charge >= 0.3 is 0 Å². The van der Waals surface area contributed by atoms with Gasteiger partial charge in [-0.2, -0.15) is 0 Å². The number of rotatable bonds is 6. The number of hydrogen-bond acceptors (Lipinski definition) is 6. The number of likely N-dealkylation sites (N-methyl/N-ethyl adjacent to an activating group) is 2. The predicted octanol–water partition coefficient (Wildman–Crippen LogP) is 5.76. The Bertz CT molecular complexity index is 1280. The molecule has 2 aromatic carbocycles. The summed E-state index contributed by atoms with van der Waals surface area (Å²) in [4.78, 5) is 26.3. The second-order valence-electron chi connectivity index (χ2n) is 10.8. The second kappa shape index (κ2) is 10.5. The van der Waals surface area contributed by atoms with Gasteiger partial charge in [0, 0.05) is 35.4 Å². The van der Waals surface area contributed by atoms with Crippen molar-refractivity contribution >= 4 is 46.0 Å². The van der Waals surface area contributed by atoms with E-state index in [1.54, 1.807) is 0 Å². The molecule has 3 heterocycles. The zero-order valence-corrected chi connectivity index (χ0v) is 24.7. The summed E-state index contributed by atoms with van der Waals surface area (Å²) < 4.78 is 0. The van der Waals surface area contributed by atoms with Crippen LogP contribution < -0.4 is 0 Å². The van der Waals surface area contributed by atoms with Crippen molar-refractivity contribution in [3.63, 3.8) is 0 Å². The molecule has 9 heteroatoms. The number of carbonyl (C=O) groups excluding carboxylic acids is 1. The number of amides is 1. The second-order valence-corrected chi connectivity index (χ2v) is 12.6. The normalized spacial score (nSPS) is 27.3. The third kappa shape index (κ3) is 4.66. The monoisotopic (exact) mass is 572 g/mol. The lowest BCUT2D eigenvalue weighted by Crippen LogP contribution is -2.47.